The van der Waals surface area contributed by atoms with Gasteiger partial charge in [0.25, 0.3) is 5.91 Å². The van der Waals surface area contributed by atoms with Crippen LogP contribution in [0.2, 0.25) is 0 Å². The normalized spacial score (nSPS) is 20.4. The van der Waals surface area contributed by atoms with Crippen molar-refractivity contribution in [3.05, 3.63) is 42.2 Å². The topological polar surface area (TPSA) is 83.6 Å². The van der Waals surface area contributed by atoms with Crippen LogP contribution < -0.4 is 0 Å². The molecule has 6 nitrogen and oxygen atoms in total. The number of thiazole rings is 1. The van der Waals surface area contributed by atoms with Crippen molar-refractivity contribution in [3.63, 3.8) is 0 Å². The summed E-state index contributed by atoms with van der Waals surface area (Å²) in [5, 5.41) is 10.1. The lowest BCUT2D eigenvalue weighted by Gasteiger charge is -2.37. The minimum absolute atomic E-state index is 0.193. The maximum atomic E-state index is 12.7. The van der Waals surface area contributed by atoms with E-state index in [0.29, 0.717) is 25.1 Å². The maximum absolute atomic E-state index is 12.7. The zero-order valence-electron chi connectivity index (χ0n) is 14.3. The Morgan fingerprint density at radius 1 is 1.27 bits per heavy atom. The van der Waals surface area contributed by atoms with Crippen LogP contribution in [0.25, 0.3) is 21.0 Å². The average molecular weight is 370 g/mol. The minimum atomic E-state index is -0.906. The highest BCUT2D eigenvalue weighted by molar-refractivity contribution is 7.21. The Labute approximate surface area is 154 Å². The van der Waals surface area contributed by atoms with Gasteiger partial charge in [-0.05, 0) is 44.0 Å². The third-order valence-corrected chi connectivity index (χ3v) is 5.87. The average Bonchev–Trinajstić information content (AvgIpc) is 3.27. The summed E-state index contributed by atoms with van der Waals surface area (Å²) in [6, 6.07) is 11.2. The number of carboxylic acid groups (broad SMARTS) is 1. The van der Waals surface area contributed by atoms with Crippen LogP contribution in [-0.4, -0.2) is 40.0 Å². The van der Waals surface area contributed by atoms with Crippen LogP contribution in [0.15, 0.2) is 40.8 Å². The molecular formula is C19H18N2O4S. The molecule has 1 fully saturated rings. The van der Waals surface area contributed by atoms with E-state index in [-0.39, 0.29) is 18.2 Å². The second-order valence-electron chi connectivity index (χ2n) is 6.85. The SMILES string of the molecule is CC1(C(=O)O)CCCN(C(=O)c2ccc(-c3nc4ccccc4s3)o2)C1. The first-order chi connectivity index (χ1) is 12.5. The van der Waals surface area contributed by atoms with Gasteiger partial charge in [-0.25, -0.2) is 4.98 Å². The zero-order valence-corrected chi connectivity index (χ0v) is 15.1. The van der Waals surface area contributed by atoms with Crippen molar-refractivity contribution in [2.24, 2.45) is 5.41 Å². The molecule has 26 heavy (non-hydrogen) atoms. The van der Waals surface area contributed by atoms with Gasteiger partial charge in [0.15, 0.2) is 16.5 Å². The van der Waals surface area contributed by atoms with Crippen LogP contribution in [0.5, 0.6) is 0 Å². The lowest BCUT2D eigenvalue weighted by atomic mass is 9.82. The number of fused-ring (bicyclic) bond motifs is 1. The molecular weight excluding hydrogens is 352 g/mol. The van der Waals surface area contributed by atoms with Crippen LogP contribution in [0.3, 0.4) is 0 Å². The quantitative estimate of drug-likeness (QED) is 0.756. The number of aliphatic carboxylic acids is 1. The smallest absolute Gasteiger partial charge is 0.311 e. The number of carbonyl (C=O) groups is 2. The molecule has 0 bridgehead atoms. The molecule has 2 aromatic heterocycles. The first kappa shape index (κ1) is 16.8. The number of aromatic nitrogens is 1. The molecule has 0 aliphatic carbocycles. The second-order valence-corrected chi connectivity index (χ2v) is 7.88. The first-order valence-corrected chi connectivity index (χ1v) is 9.26. The Morgan fingerprint density at radius 2 is 2.08 bits per heavy atom. The second kappa shape index (κ2) is 6.25. The number of carboxylic acids is 1. The number of nitrogens with zero attached hydrogens (tertiary/aromatic N) is 2. The molecule has 1 amide bonds. The third kappa shape index (κ3) is 2.88. The summed E-state index contributed by atoms with van der Waals surface area (Å²) in [6.07, 6.45) is 1.24. The third-order valence-electron chi connectivity index (χ3n) is 4.82. The summed E-state index contributed by atoms with van der Waals surface area (Å²) < 4.78 is 6.81. The summed E-state index contributed by atoms with van der Waals surface area (Å²) >= 11 is 1.51. The number of amides is 1. The van der Waals surface area contributed by atoms with E-state index < -0.39 is 11.4 Å². The molecule has 1 saturated heterocycles. The number of likely N-dealkylation sites (tertiary alicyclic amines) is 1. The van der Waals surface area contributed by atoms with E-state index in [1.165, 1.54) is 11.3 Å². The summed E-state index contributed by atoms with van der Waals surface area (Å²) in [5.74, 6) is -0.379. The van der Waals surface area contributed by atoms with E-state index in [4.69, 9.17) is 4.42 Å². The fourth-order valence-electron chi connectivity index (χ4n) is 3.29. The lowest BCUT2D eigenvalue weighted by Crippen LogP contribution is -2.48. The van der Waals surface area contributed by atoms with Gasteiger partial charge in [0.2, 0.25) is 0 Å². The van der Waals surface area contributed by atoms with Gasteiger partial charge in [0.05, 0.1) is 15.6 Å². The number of benzene rings is 1. The maximum Gasteiger partial charge on any atom is 0.311 e. The summed E-state index contributed by atoms with van der Waals surface area (Å²) in [6.45, 7) is 2.42. The van der Waals surface area contributed by atoms with Crippen LogP contribution in [0.1, 0.15) is 30.3 Å². The fraction of sp³-hybridized carbons (Fsp3) is 0.316. The molecule has 4 rings (SSSR count). The van der Waals surface area contributed by atoms with Crippen LogP contribution in [0.4, 0.5) is 0 Å². The van der Waals surface area contributed by atoms with E-state index in [1.54, 1.807) is 24.0 Å². The Balaban J connectivity index is 1.57. The van der Waals surface area contributed by atoms with E-state index >= 15 is 0 Å². The summed E-state index contributed by atoms with van der Waals surface area (Å²) in [7, 11) is 0. The van der Waals surface area contributed by atoms with Crippen molar-refractivity contribution in [1.29, 1.82) is 0 Å². The van der Waals surface area contributed by atoms with Gasteiger partial charge in [-0.2, -0.15) is 0 Å². The summed E-state index contributed by atoms with van der Waals surface area (Å²) in [5.41, 5.74) is -0.0128. The fourth-order valence-corrected chi connectivity index (χ4v) is 4.22. The molecule has 1 aliphatic rings. The summed E-state index contributed by atoms with van der Waals surface area (Å²) in [4.78, 5) is 30.3. The Kier molecular flexibility index (Phi) is 4.03. The highest BCUT2D eigenvalue weighted by Crippen LogP contribution is 2.33. The zero-order chi connectivity index (χ0) is 18.3. The van der Waals surface area contributed by atoms with Gasteiger partial charge < -0.3 is 14.4 Å². The number of hydrogen-bond donors (Lipinski definition) is 1. The Bertz CT molecular complexity index is 959. The molecule has 0 saturated carbocycles. The van der Waals surface area contributed by atoms with Crippen molar-refractivity contribution in [2.45, 2.75) is 19.8 Å². The number of furan rings is 1. The van der Waals surface area contributed by atoms with E-state index in [0.717, 1.165) is 15.2 Å². The number of piperidine rings is 1. The van der Waals surface area contributed by atoms with Crippen molar-refractivity contribution in [2.75, 3.05) is 13.1 Å². The predicted octanol–water partition coefficient (Wildman–Crippen LogP) is 3.88. The molecule has 0 radical (unpaired) electrons. The first-order valence-electron chi connectivity index (χ1n) is 8.45. The van der Waals surface area contributed by atoms with Gasteiger partial charge in [-0.1, -0.05) is 12.1 Å². The van der Waals surface area contributed by atoms with Gasteiger partial charge in [-0.15, -0.1) is 11.3 Å². The number of hydrogen-bond acceptors (Lipinski definition) is 5. The lowest BCUT2D eigenvalue weighted by molar-refractivity contribution is -0.150. The molecule has 134 valence electrons. The highest BCUT2D eigenvalue weighted by Gasteiger charge is 2.40. The molecule has 1 unspecified atom stereocenters. The van der Waals surface area contributed by atoms with E-state index in [9.17, 15) is 14.7 Å². The molecule has 1 N–H and O–H groups in total. The van der Waals surface area contributed by atoms with Gasteiger partial charge >= 0.3 is 5.97 Å². The molecule has 0 spiro atoms. The molecule has 1 aromatic carbocycles. The largest absolute Gasteiger partial charge is 0.481 e. The number of para-hydroxylation sites is 1. The van der Waals surface area contributed by atoms with Gasteiger partial charge in [-0.3, -0.25) is 9.59 Å². The standard InChI is InChI=1S/C19H18N2O4S/c1-19(18(23)24)9-4-10-21(11-19)17(22)14-8-7-13(25-14)16-20-12-5-2-3-6-15(12)26-16/h2-3,5-8H,4,9-11H2,1H3,(H,23,24). The molecule has 7 heteroatoms. The van der Waals surface area contributed by atoms with Crippen molar-refractivity contribution < 1.29 is 19.1 Å². The monoisotopic (exact) mass is 370 g/mol. The van der Waals surface area contributed by atoms with Crippen molar-refractivity contribution in [3.8, 4) is 10.8 Å². The highest BCUT2D eigenvalue weighted by atomic mass is 32.1. The van der Waals surface area contributed by atoms with E-state index in [1.807, 2.05) is 24.3 Å². The number of carbonyl (C=O) groups excluding carboxylic acids is 1. The van der Waals surface area contributed by atoms with Crippen molar-refractivity contribution >= 4 is 33.4 Å². The molecule has 3 heterocycles. The van der Waals surface area contributed by atoms with Crippen LogP contribution in [-0.2, 0) is 4.79 Å². The van der Waals surface area contributed by atoms with Gasteiger partial charge in [0.1, 0.15) is 0 Å². The molecule has 3 aromatic rings. The van der Waals surface area contributed by atoms with Crippen molar-refractivity contribution in [1.82, 2.24) is 9.88 Å². The number of rotatable bonds is 3. The van der Waals surface area contributed by atoms with Crippen LogP contribution in [0, 0.1) is 5.41 Å². The minimum Gasteiger partial charge on any atom is -0.481 e. The van der Waals surface area contributed by atoms with Crippen LogP contribution >= 0.6 is 11.3 Å². The Hall–Kier alpha value is -2.67. The molecule has 1 aliphatic heterocycles. The van der Waals surface area contributed by atoms with E-state index in [2.05, 4.69) is 4.98 Å². The predicted molar refractivity (Wildman–Crippen MR) is 98.2 cm³/mol. The van der Waals surface area contributed by atoms with Gasteiger partial charge in [0, 0.05) is 13.1 Å². The Morgan fingerprint density at radius 3 is 2.85 bits per heavy atom. The molecule has 1 atom stereocenters.